The predicted molar refractivity (Wildman–Crippen MR) is 101 cm³/mol. The minimum Gasteiger partial charge on any atom is -0.494 e. The predicted octanol–water partition coefficient (Wildman–Crippen LogP) is 4.56. The highest BCUT2D eigenvalue weighted by molar-refractivity contribution is 7.80. The lowest BCUT2D eigenvalue weighted by Crippen LogP contribution is -2.19. The van der Waals surface area contributed by atoms with Crippen molar-refractivity contribution in [3.05, 3.63) is 60.7 Å². The molecule has 3 rings (SSSR count). The topological polar surface area (TPSA) is 47.3 Å². The summed E-state index contributed by atoms with van der Waals surface area (Å²) in [5, 5.41) is 5.62. The number of thiocarbonyl (C=S) groups is 1. The second-order valence-electron chi connectivity index (χ2n) is 5.16. The number of nitrogens with two attached hydrogens (primary N) is 1. The normalized spacial score (nSPS) is 10.5. The van der Waals surface area contributed by atoms with E-state index in [9.17, 15) is 0 Å². The van der Waals surface area contributed by atoms with Crippen LogP contribution in [0.3, 0.4) is 0 Å². The van der Waals surface area contributed by atoms with Gasteiger partial charge >= 0.3 is 0 Å². The number of hydrogen-bond donors (Lipinski definition) is 2. The van der Waals surface area contributed by atoms with Gasteiger partial charge in [-0.15, -0.1) is 0 Å². The quantitative estimate of drug-likeness (QED) is 0.691. The van der Waals surface area contributed by atoms with Gasteiger partial charge in [0, 0.05) is 10.9 Å². The van der Waals surface area contributed by atoms with Gasteiger partial charge < -0.3 is 15.8 Å². The van der Waals surface area contributed by atoms with Crippen molar-refractivity contribution in [2.45, 2.75) is 6.92 Å². The Kier molecular flexibility index (Phi) is 4.44. The Morgan fingerprint density at radius 3 is 2.48 bits per heavy atom. The maximum Gasteiger partial charge on any atom is 0.168 e. The first-order valence-corrected chi connectivity index (χ1v) is 7.91. The lowest BCUT2D eigenvalue weighted by molar-refractivity contribution is 0.340. The van der Waals surface area contributed by atoms with Crippen molar-refractivity contribution in [3.8, 4) is 16.9 Å². The van der Waals surface area contributed by atoms with Crippen LogP contribution in [0.15, 0.2) is 60.7 Å². The minimum atomic E-state index is 0.258. The van der Waals surface area contributed by atoms with Gasteiger partial charge in [-0.05, 0) is 42.2 Å². The highest BCUT2D eigenvalue weighted by atomic mass is 32.1. The highest BCUT2D eigenvalue weighted by Gasteiger charge is 2.10. The number of anilines is 1. The summed E-state index contributed by atoms with van der Waals surface area (Å²) in [7, 11) is 0. The summed E-state index contributed by atoms with van der Waals surface area (Å²) in [6.45, 7) is 2.63. The molecule has 0 aliphatic rings. The first-order chi connectivity index (χ1) is 11.2. The molecule has 0 unspecified atom stereocenters. The lowest BCUT2D eigenvalue weighted by Gasteiger charge is -2.15. The number of fused-ring (bicyclic) bond motifs is 1. The van der Waals surface area contributed by atoms with Crippen LogP contribution in [0.1, 0.15) is 6.92 Å². The van der Waals surface area contributed by atoms with Gasteiger partial charge in [0.15, 0.2) is 5.11 Å². The van der Waals surface area contributed by atoms with Gasteiger partial charge in [0.05, 0.1) is 12.3 Å². The van der Waals surface area contributed by atoms with Crippen LogP contribution < -0.4 is 15.8 Å². The van der Waals surface area contributed by atoms with Crippen molar-refractivity contribution < 1.29 is 4.74 Å². The molecular weight excluding hydrogens is 304 g/mol. The van der Waals surface area contributed by atoms with Crippen LogP contribution in [-0.4, -0.2) is 11.7 Å². The fourth-order valence-corrected chi connectivity index (χ4v) is 2.77. The molecule has 0 amide bonds. The van der Waals surface area contributed by atoms with E-state index in [1.807, 2.05) is 43.3 Å². The Labute approximate surface area is 141 Å². The van der Waals surface area contributed by atoms with Crippen LogP contribution in [0.25, 0.3) is 21.9 Å². The smallest absolute Gasteiger partial charge is 0.168 e. The monoisotopic (exact) mass is 322 g/mol. The largest absolute Gasteiger partial charge is 0.494 e. The van der Waals surface area contributed by atoms with Crippen LogP contribution >= 0.6 is 12.2 Å². The maximum absolute atomic E-state index is 5.73. The Hall–Kier alpha value is -2.59. The van der Waals surface area contributed by atoms with E-state index in [0.29, 0.717) is 6.61 Å². The van der Waals surface area contributed by atoms with Crippen molar-refractivity contribution in [2.24, 2.45) is 5.73 Å². The molecule has 3 N–H and O–H groups in total. The molecule has 3 aromatic carbocycles. The standard InChI is InChI=1S/C19H18N2OS/c1-2-22-15-10-7-14(8-11-15)17-12-9-13-5-3-4-6-16(13)18(17)21-19(20)23/h3-12H,2H2,1H3,(H3,20,21,23). The number of nitrogens with one attached hydrogen (secondary N) is 1. The molecule has 3 nitrogen and oxygen atoms in total. The Morgan fingerprint density at radius 2 is 1.78 bits per heavy atom. The van der Waals surface area contributed by atoms with E-state index in [0.717, 1.165) is 33.3 Å². The van der Waals surface area contributed by atoms with Crippen molar-refractivity contribution in [1.82, 2.24) is 0 Å². The summed E-state index contributed by atoms with van der Waals surface area (Å²) >= 11 is 5.05. The van der Waals surface area contributed by atoms with Gasteiger partial charge in [-0.2, -0.15) is 0 Å². The average Bonchev–Trinajstić information content (AvgIpc) is 2.56. The SMILES string of the molecule is CCOc1ccc(-c2ccc3ccccc3c2NC(N)=S)cc1. The molecule has 0 heterocycles. The van der Waals surface area contributed by atoms with Gasteiger partial charge in [-0.3, -0.25) is 0 Å². The summed E-state index contributed by atoms with van der Waals surface area (Å²) < 4.78 is 5.51. The van der Waals surface area contributed by atoms with E-state index in [2.05, 4.69) is 29.6 Å². The molecule has 0 aromatic heterocycles. The van der Waals surface area contributed by atoms with Gasteiger partial charge in [0.1, 0.15) is 5.75 Å². The second kappa shape index (κ2) is 6.67. The van der Waals surface area contributed by atoms with Gasteiger partial charge in [0.25, 0.3) is 0 Å². The maximum atomic E-state index is 5.73. The van der Waals surface area contributed by atoms with E-state index in [-0.39, 0.29) is 5.11 Å². The van der Waals surface area contributed by atoms with E-state index in [1.54, 1.807) is 0 Å². The van der Waals surface area contributed by atoms with Gasteiger partial charge in [-0.1, -0.05) is 48.5 Å². The van der Waals surface area contributed by atoms with Crippen molar-refractivity contribution in [2.75, 3.05) is 11.9 Å². The Balaban J connectivity index is 2.13. The zero-order chi connectivity index (χ0) is 16.2. The Morgan fingerprint density at radius 1 is 1.04 bits per heavy atom. The minimum absolute atomic E-state index is 0.258. The Bertz CT molecular complexity index is 844. The van der Waals surface area contributed by atoms with Crippen molar-refractivity contribution in [3.63, 3.8) is 0 Å². The number of ether oxygens (including phenoxy) is 1. The summed E-state index contributed by atoms with van der Waals surface area (Å²) in [4.78, 5) is 0. The molecule has 0 spiro atoms. The highest BCUT2D eigenvalue weighted by Crippen LogP contribution is 2.35. The van der Waals surface area contributed by atoms with Crippen LogP contribution in [0.2, 0.25) is 0 Å². The molecule has 0 fully saturated rings. The molecule has 0 saturated carbocycles. The third-order valence-electron chi connectivity index (χ3n) is 3.65. The molecule has 116 valence electrons. The molecular formula is C19H18N2OS. The molecule has 0 radical (unpaired) electrons. The molecule has 3 aromatic rings. The molecule has 23 heavy (non-hydrogen) atoms. The van der Waals surface area contributed by atoms with Crippen LogP contribution in [0.5, 0.6) is 5.75 Å². The lowest BCUT2D eigenvalue weighted by atomic mass is 9.98. The van der Waals surface area contributed by atoms with Crippen LogP contribution in [-0.2, 0) is 0 Å². The van der Waals surface area contributed by atoms with Crippen molar-refractivity contribution in [1.29, 1.82) is 0 Å². The third kappa shape index (κ3) is 3.27. The summed E-state index contributed by atoms with van der Waals surface area (Å²) in [5.74, 6) is 0.862. The fourth-order valence-electron chi connectivity index (χ4n) is 2.67. The third-order valence-corrected chi connectivity index (χ3v) is 3.76. The zero-order valence-electron chi connectivity index (χ0n) is 12.9. The van der Waals surface area contributed by atoms with Crippen LogP contribution in [0.4, 0.5) is 5.69 Å². The van der Waals surface area contributed by atoms with E-state index < -0.39 is 0 Å². The van der Waals surface area contributed by atoms with Crippen LogP contribution in [0, 0.1) is 0 Å². The molecule has 0 saturated heterocycles. The molecule has 4 heteroatoms. The van der Waals surface area contributed by atoms with Crippen molar-refractivity contribution >= 4 is 33.8 Å². The molecule has 0 aliphatic carbocycles. The van der Waals surface area contributed by atoms with Gasteiger partial charge in [-0.25, -0.2) is 0 Å². The first-order valence-electron chi connectivity index (χ1n) is 7.50. The molecule has 0 aliphatic heterocycles. The first kappa shape index (κ1) is 15.3. The summed E-state index contributed by atoms with van der Waals surface area (Å²) in [6, 6.07) is 20.4. The average molecular weight is 322 g/mol. The summed E-state index contributed by atoms with van der Waals surface area (Å²) in [6.07, 6.45) is 0. The van der Waals surface area contributed by atoms with E-state index >= 15 is 0 Å². The van der Waals surface area contributed by atoms with Gasteiger partial charge in [0.2, 0.25) is 0 Å². The number of hydrogen-bond acceptors (Lipinski definition) is 2. The number of benzene rings is 3. The second-order valence-corrected chi connectivity index (χ2v) is 5.60. The molecule has 0 bridgehead atoms. The zero-order valence-corrected chi connectivity index (χ0v) is 13.7. The fraction of sp³-hybridized carbons (Fsp3) is 0.105. The molecule has 0 atom stereocenters. The van der Waals surface area contributed by atoms with E-state index in [4.69, 9.17) is 22.7 Å². The van der Waals surface area contributed by atoms with E-state index in [1.165, 1.54) is 0 Å². The summed E-state index contributed by atoms with van der Waals surface area (Å²) in [5.41, 5.74) is 8.79. The number of rotatable bonds is 4.